The van der Waals surface area contributed by atoms with Gasteiger partial charge in [-0.05, 0) is 49.7 Å². The van der Waals surface area contributed by atoms with Crippen LogP contribution in [0.15, 0.2) is 42.7 Å². The second kappa shape index (κ2) is 7.66. The van der Waals surface area contributed by atoms with Crippen LogP contribution < -0.4 is 5.32 Å². The summed E-state index contributed by atoms with van der Waals surface area (Å²) in [4.78, 5) is 22.6. The Labute approximate surface area is 141 Å². The van der Waals surface area contributed by atoms with E-state index in [-0.39, 0.29) is 11.8 Å². The summed E-state index contributed by atoms with van der Waals surface area (Å²) in [5.41, 5.74) is 1.82. The lowest BCUT2D eigenvalue weighted by atomic mass is 9.95. The van der Waals surface area contributed by atoms with Crippen molar-refractivity contribution >= 4 is 11.9 Å². The summed E-state index contributed by atoms with van der Waals surface area (Å²) >= 11 is 0. The number of hydrogen-bond donors (Lipinski definition) is 1. The number of likely N-dealkylation sites (tertiary alicyclic amines) is 1. The lowest BCUT2D eigenvalue weighted by molar-refractivity contribution is -0.121. The van der Waals surface area contributed by atoms with Crippen molar-refractivity contribution in [2.75, 3.05) is 18.4 Å². The monoisotopic (exact) mass is 321 g/mol. The fourth-order valence-electron chi connectivity index (χ4n) is 2.93. The van der Waals surface area contributed by atoms with Gasteiger partial charge in [0, 0.05) is 24.9 Å². The Morgan fingerprint density at radius 3 is 2.71 bits per heavy atom. The molecule has 0 bridgehead atoms. The van der Waals surface area contributed by atoms with Gasteiger partial charge < -0.3 is 0 Å². The normalized spacial score (nSPS) is 15.6. The van der Waals surface area contributed by atoms with Crippen molar-refractivity contribution in [3.63, 3.8) is 0 Å². The van der Waals surface area contributed by atoms with Crippen molar-refractivity contribution in [2.24, 2.45) is 5.92 Å². The standard InChI is InChI=1S/C18H19N5O/c19-12-14-3-1-4-15(11-14)13-23-9-5-16(6-10-23)17(24)22-18-20-7-2-8-21-18/h1-4,7-8,11,16H,5-6,9-10,13H2,(H,20,21,22,24). The Kier molecular flexibility index (Phi) is 5.14. The highest BCUT2D eigenvalue weighted by Gasteiger charge is 2.25. The second-order valence-electron chi connectivity index (χ2n) is 5.92. The zero-order valence-electron chi connectivity index (χ0n) is 13.4. The number of nitrogens with zero attached hydrogens (tertiary/aromatic N) is 4. The van der Waals surface area contributed by atoms with E-state index in [1.165, 1.54) is 0 Å². The molecule has 1 N–H and O–H groups in total. The van der Waals surface area contributed by atoms with Crippen molar-refractivity contribution in [1.82, 2.24) is 14.9 Å². The summed E-state index contributed by atoms with van der Waals surface area (Å²) in [6, 6.07) is 11.6. The van der Waals surface area contributed by atoms with Crippen LogP contribution in [0, 0.1) is 17.2 Å². The van der Waals surface area contributed by atoms with Crippen molar-refractivity contribution in [3.05, 3.63) is 53.9 Å². The van der Waals surface area contributed by atoms with Gasteiger partial charge in [0.05, 0.1) is 11.6 Å². The van der Waals surface area contributed by atoms with Gasteiger partial charge in [-0.15, -0.1) is 0 Å². The number of piperidine rings is 1. The summed E-state index contributed by atoms with van der Waals surface area (Å²) in [6.45, 7) is 2.54. The molecular formula is C18H19N5O. The molecule has 2 aromatic rings. The maximum absolute atomic E-state index is 12.3. The minimum Gasteiger partial charge on any atom is -0.299 e. The number of hydrogen-bond acceptors (Lipinski definition) is 5. The number of amides is 1. The summed E-state index contributed by atoms with van der Waals surface area (Å²) in [5, 5.41) is 11.7. The molecule has 0 unspecified atom stereocenters. The molecule has 6 nitrogen and oxygen atoms in total. The number of aromatic nitrogens is 2. The molecule has 1 amide bonds. The van der Waals surface area contributed by atoms with Gasteiger partial charge >= 0.3 is 0 Å². The maximum atomic E-state index is 12.3. The molecule has 0 radical (unpaired) electrons. The lowest BCUT2D eigenvalue weighted by Crippen LogP contribution is -2.38. The van der Waals surface area contributed by atoms with Crippen LogP contribution in [0.2, 0.25) is 0 Å². The molecule has 1 aromatic heterocycles. The molecule has 1 aliphatic rings. The van der Waals surface area contributed by atoms with Crippen molar-refractivity contribution in [3.8, 4) is 6.07 Å². The number of nitrogens with one attached hydrogen (secondary N) is 1. The number of rotatable bonds is 4. The second-order valence-corrected chi connectivity index (χ2v) is 5.92. The molecule has 0 atom stereocenters. The quantitative estimate of drug-likeness (QED) is 0.933. The third-order valence-electron chi connectivity index (χ3n) is 4.22. The highest BCUT2D eigenvalue weighted by molar-refractivity contribution is 5.90. The van der Waals surface area contributed by atoms with Crippen molar-refractivity contribution < 1.29 is 4.79 Å². The number of anilines is 1. The van der Waals surface area contributed by atoms with Crippen LogP contribution in [-0.4, -0.2) is 33.9 Å². The van der Waals surface area contributed by atoms with E-state index in [2.05, 4.69) is 26.3 Å². The zero-order valence-corrected chi connectivity index (χ0v) is 13.4. The molecule has 24 heavy (non-hydrogen) atoms. The minimum absolute atomic E-state index is 0.00417. The van der Waals surface area contributed by atoms with E-state index in [1.807, 2.05) is 24.3 Å². The molecule has 0 aliphatic carbocycles. The largest absolute Gasteiger partial charge is 0.299 e. The third-order valence-corrected chi connectivity index (χ3v) is 4.22. The van der Waals surface area contributed by atoms with Gasteiger partial charge in [-0.2, -0.15) is 5.26 Å². The fraction of sp³-hybridized carbons (Fsp3) is 0.333. The average molecular weight is 321 g/mol. The first kappa shape index (κ1) is 16.1. The molecule has 0 saturated carbocycles. The Bertz CT molecular complexity index is 733. The van der Waals surface area contributed by atoms with E-state index in [9.17, 15) is 4.79 Å². The first-order valence-electron chi connectivity index (χ1n) is 8.04. The van der Waals surface area contributed by atoms with E-state index in [1.54, 1.807) is 18.5 Å². The maximum Gasteiger partial charge on any atom is 0.229 e. The minimum atomic E-state index is -0.00710. The van der Waals surface area contributed by atoms with Crippen LogP contribution in [0.4, 0.5) is 5.95 Å². The number of nitriles is 1. The predicted octanol–water partition coefficient (Wildman–Crippen LogP) is 2.20. The van der Waals surface area contributed by atoms with Crippen LogP contribution in [0.1, 0.15) is 24.0 Å². The Morgan fingerprint density at radius 1 is 1.25 bits per heavy atom. The van der Waals surface area contributed by atoms with E-state index in [0.717, 1.165) is 38.0 Å². The van der Waals surface area contributed by atoms with Gasteiger partial charge in [0.25, 0.3) is 0 Å². The summed E-state index contributed by atoms with van der Waals surface area (Å²) in [7, 11) is 0. The molecule has 1 fully saturated rings. The highest BCUT2D eigenvalue weighted by Crippen LogP contribution is 2.20. The Balaban J connectivity index is 1.50. The van der Waals surface area contributed by atoms with Crippen molar-refractivity contribution in [2.45, 2.75) is 19.4 Å². The van der Waals surface area contributed by atoms with Crippen LogP contribution in [0.3, 0.4) is 0 Å². The summed E-state index contributed by atoms with van der Waals surface area (Å²) in [6.07, 6.45) is 4.86. The van der Waals surface area contributed by atoms with E-state index >= 15 is 0 Å². The van der Waals surface area contributed by atoms with Gasteiger partial charge in [0.15, 0.2) is 0 Å². The summed E-state index contributed by atoms with van der Waals surface area (Å²) < 4.78 is 0. The highest BCUT2D eigenvalue weighted by atomic mass is 16.2. The van der Waals surface area contributed by atoms with Gasteiger partial charge in [-0.3, -0.25) is 15.0 Å². The van der Waals surface area contributed by atoms with Gasteiger partial charge in [0.1, 0.15) is 0 Å². The zero-order chi connectivity index (χ0) is 16.8. The number of carbonyl (C=O) groups excluding carboxylic acids is 1. The molecule has 1 aromatic carbocycles. The number of carbonyl (C=O) groups is 1. The summed E-state index contributed by atoms with van der Waals surface area (Å²) in [5.74, 6) is 0.348. The molecule has 2 heterocycles. The average Bonchev–Trinajstić information content (AvgIpc) is 2.63. The first-order valence-corrected chi connectivity index (χ1v) is 8.04. The van der Waals surface area contributed by atoms with E-state index in [0.29, 0.717) is 11.5 Å². The SMILES string of the molecule is N#Cc1cccc(CN2CCC(C(=O)Nc3ncccn3)CC2)c1. The Hall–Kier alpha value is -2.78. The smallest absolute Gasteiger partial charge is 0.229 e. The first-order chi connectivity index (χ1) is 11.7. The third kappa shape index (κ3) is 4.15. The fourth-order valence-corrected chi connectivity index (χ4v) is 2.93. The Morgan fingerprint density at radius 2 is 2.00 bits per heavy atom. The van der Waals surface area contributed by atoms with Gasteiger partial charge in [0.2, 0.25) is 11.9 Å². The van der Waals surface area contributed by atoms with Crippen LogP contribution in [0.5, 0.6) is 0 Å². The molecule has 0 spiro atoms. The number of benzene rings is 1. The van der Waals surface area contributed by atoms with Gasteiger partial charge in [-0.1, -0.05) is 12.1 Å². The van der Waals surface area contributed by atoms with E-state index in [4.69, 9.17) is 5.26 Å². The van der Waals surface area contributed by atoms with Crippen molar-refractivity contribution in [1.29, 1.82) is 5.26 Å². The van der Waals surface area contributed by atoms with Crippen LogP contribution in [-0.2, 0) is 11.3 Å². The molecular weight excluding hydrogens is 302 g/mol. The lowest BCUT2D eigenvalue weighted by Gasteiger charge is -2.31. The molecule has 1 saturated heterocycles. The molecule has 6 heteroatoms. The van der Waals surface area contributed by atoms with Crippen LogP contribution in [0.25, 0.3) is 0 Å². The molecule has 3 rings (SSSR count). The van der Waals surface area contributed by atoms with Crippen LogP contribution >= 0.6 is 0 Å². The molecule has 122 valence electrons. The topological polar surface area (TPSA) is 81.9 Å². The van der Waals surface area contributed by atoms with E-state index < -0.39 is 0 Å². The molecule has 1 aliphatic heterocycles. The predicted molar refractivity (Wildman–Crippen MR) is 89.8 cm³/mol. The van der Waals surface area contributed by atoms with Gasteiger partial charge in [-0.25, -0.2) is 9.97 Å².